The van der Waals surface area contributed by atoms with Gasteiger partial charge in [-0.15, -0.1) is 12.4 Å². The molecular formula is C10H17ClN2O2. The van der Waals surface area contributed by atoms with E-state index in [9.17, 15) is 9.59 Å². The van der Waals surface area contributed by atoms with Crippen LogP contribution in [-0.4, -0.2) is 42.8 Å². The Morgan fingerprint density at radius 3 is 2.53 bits per heavy atom. The summed E-state index contributed by atoms with van der Waals surface area (Å²) in [7, 11) is 0. The minimum absolute atomic E-state index is 0. The molecule has 0 aromatic carbocycles. The average Bonchev–Trinajstić information content (AvgIpc) is 2.65. The van der Waals surface area contributed by atoms with Crippen LogP contribution in [0.15, 0.2) is 0 Å². The maximum Gasteiger partial charge on any atom is 0.226 e. The number of hydrogen-bond acceptors (Lipinski definition) is 3. The quantitative estimate of drug-likeness (QED) is 0.703. The van der Waals surface area contributed by atoms with Crippen molar-refractivity contribution in [3.05, 3.63) is 0 Å². The Bertz CT molecular complexity index is 252. The highest BCUT2D eigenvalue weighted by Gasteiger charge is 2.31. The van der Waals surface area contributed by atoms with Gasteiger partial charge >= 0.3 is 0 Å². The van der Waals surface area contributed by atoms with Crippen LogP contribution in [0.4, 0.5) is 0 Å². The van der Waals surface area contributed by atoms with E-state index in [0.717, 1.165) is 32.6 Å². The molecule has 2 rings (SSSR count). The summed E-state index contributed by atoms with van der Waals surface area (Å²) in [6, 6.07) is 0. The Morgan fingerprint density at radius 2 is 2.00 bits per heavy atom. The van der Waals surface area contributed by atoms with Gasteiger partial charge in [0, 0.05) is 44.9 Å². The maximum atomic E-state index is 11.9. The van der Waals surface area contributed by atoms with E-state index < -0.39 is 0 Å². The van der Waals surface area contributed by atoms with E-state index in [1.54, 1.807) is 0 Å². The molecule has 0 aromatic heterocycles. The smallest absolute Gasteiger partial charge is 0.226 e. The van der Waals surface area contributed by atoms with Gasteiger partial charge in [0.1, 0.15) is 5.78 Å². The van der Waals surface area contributed by atoms with Crippen LogP contribution in [0, 0.1) is 5.92 Å². The molecule has 15 heavy (non-hydrogen) atoms. The van der Waals surface area contributed by atoms with Crippen molar-refractivity contribution in [1.29, 1.82) is 0 Å². The molecule has 5 heteroatoms. The molecule has 1 atom stereocenters. The third kappa shape index (κ3) is 2.92. The van der Waals surface area contributed by atoms with E-state index in [1.807, 2.05) is 4.90 Å². The number of nitrogens with one attached hydrogen (secondary N) is 1. The summed E-state index contributed by atoms with van der Waals surface area (Å²) in [5.74, 6) is 0.427. The largest absolute Gasteiger partial charge is 0.340 e. The van der Waals surface area contributed by atoms with E-state index in [2.05, 4.69) is 5.32 Å². The van der Waals surface area contributed by atoms with Crippen LogP contribution >= 0.6 is 12.4 Å². The van der Waals surface area contributed by atoms with Gasteiger partial charge in [0.2, 0.25) is 5.91 Å². The molecule has 1 aliphatic carbocycles. The van der Waals surface area contributed by atoms with Crippen LogP contribution in [0.25, 0.3) is 0 Å². The Balaban J connectivity index is 0.00000112. The number of amides is 1. The highest BCUT2D eigenvalue weighted by molar-refractivity contribution is 5.90. The number of carbonyl (C=O) groups excluding carboxylic acids is 2. The van der Waals surface area contributed by atoms with Crippen LogP contribution in [-0.2, 0) is 9.59 Å². The van der Waals surface area contributed by atoms with Crippen molar-refractivity contribution >= 4 is 24.1 Å². The minimum atomic E-state index is -0.0133. The molecule has 4 nitrogen and oxygen atoms in total. The molecule has 1 aliphatic heterocycles. The lowest BCUT2D eigenvalue weighted by Crippen LogP contribution is -2.48. The van der Waals surface area contributed by atoms with E-state index >= 15 is 0 Å². The fraction of sp³-hybridized carbons (Fsp3) is 0.800. The van der Waals surface area contributed by atoms with Crippen molar-refractivity contribution in [1.82, 2.24) is 10.2 Å². The van der Waals surface area contributed by atoms with Crippen LogP contribution in [0.1, 0.15) is 19.3 Å². The SMILES string of the molecule is Cl.O=C1CC[C@H](C(=O)N2CCNCC2)C1. The first kappa shape index (κ1) is 12.5. The molecule has 1 amide bonds. The van der Waals surface area contributed by atoms with Crippen LogP contribution in [0.2, 0.25) is 0 Å². The van der Waals surface area contributed by atoms with E-state index in [1.165, 1.54) is 0 Å². The second kappa shape index (κ2) is 5.47. The van der Waals surface area contributed by atoms with Gasteiger partial charge < -0.3 is 10.2 Å². The third-order valence-corrected chi connectivity index (χ3v) is 3.02. The average molecular weight is 233 g/mol. The summed E-state index contributed by atoms with van der Waals surface area (Å²) < 4.78 is 0. The van der Waals surface area contributed by atoms with Crippen molar-refractivity contribution in [3.8, 4) is 0 Å². The number of nitrogens with zero attached hydrogens (tertiary/aromatic N) is 1. The van der Waals surface area contributed by atoms with Gasteiger partial charge in [-0.2, -0.15) is 0 Å². The normalized spacial score (nSPS) is 26.3. The molecule has 1 saturated carbocycles. The highest BCUT2D eigenvalue weighted by Crippen LogP contribution is 2.23. The zero-order chi connectivity index (χ0) is 9.97. The Kier molecular flexibility index (Phi) is 4.54. The van der Waals surface area contributed by atoms with E-state index in [-0.39, 0.29) is 30.0 Å². The third-order valence-electron chi connectivity index (χ3n) is 3.02. The standard InChI is InChI=1S/C10H16N2O2.ClH/c13-9-2-1-8(7-9)10(14)12-5-3-11-4-6-12;/h8,11H,1-7H2;1H/t8-;/m0./s1. The molecule has 1 heterocycles. The molecule has 0 spiro atoms. The van der Waals surface area contributed by atoms with Crippen molar-refractivity contribution in [2.75, 3.05) is 26.2 Å². The molecular weight excluding hydrogens is 216 g/mol. The second-order valence-corrected chi connectivity index (χ2v) is 4.05. The molecule has 1 saturated heterocycles. The number of hydrogen-bond donors (Lipinski definition) is 1. The topological polar surface area (TPSA) is 49.4 Å². The number of piperazine rings is 1. The first-order chi connectivity index (χ1) is 6.77. The summed E-state index contributed by atoms with van der Waals surface area (Å²) >= 11 is 0. The molecule has 0 unspecified atom stereocenters. The monoisotopic (exact) mass is 232 g/mol. The molecule has 86 valence electrons. The zero-order valence-electron chi connectivity index (χ0n) is 8.70. The maximum absolute atomic E-state index is 11.9. The van der Waals surface area contributed by atoms with Gasteiger partial charge in [0.05, 0.1) is 0 Å². The number of halogens is 1. The molecule has 0 bridgehead atoms. The number of ketones is 1. The summed E-state index contributed by atoms with van der Waals surface area (Å²) in [6.45, 7) is 3.35. The van der Waals surface area contributed by atoms with Crippen molar-refractivity contribution in [3.63, 3.8) is 0 Å². The summed E-state index contributed by atoms with van der Waals surface area (Å²) in [6.07, 6.45) is 1.84. The Labute approximate surface area is 95.8 Å². The molecule has 0 aromatic rings. The van der Waals surface area contributed by atoms with E-state index in [4.69, 9.17) is 0 Å². The van der Waals surface area contributed by atoms with Gasteiger partial charge in [0.25, 0.3) is 0 Å². The lowest BCUT2D eigenvalue weighted by atomic mass is 10.1. The van der Waals surface area contributed by atoms with Crippen molar-refractivity contribution in [2.45, 2.75) is 19.3 Å². The minimum Gasteiger partial charge on any atom is -0.340 e. The van der Waals surface area contributed by atoms with E-state index in [0.29, 0.717) is 12.8 Å². The molecule has 2 fully saturated rings. The summed E-state index contributed by atoms with van der Waals surface area (Å²) in [5.41, 5.74) is 0. The number of rotatable bonds is 1. The van der Waals surface area contributed by atoms with Gasteiger partial charge in [-0.3, -0.25) is 9.59 Å². The Hall–Kier alpha value is -0.610. The molecule has 1 N–H and O–H groups in total. The first-order valence-electron chi connectivity index (χ1n) is 5.28. The van der Waals surface area contributed by atoms with Gasteiger partial charge in [-0.05, 0) is 6.42 Å². The van der Waals surface area contributed by atoms with Gasteiger partial charge in [0.15, 0.2) is 0 Å². The van der Waals surface area contributed by atoms with Crippen LogP contribution in [0.3, 0.4) is 0 Å². The zero-order valence-corrected chi connectivity index (χ0v) is 9.52. The van der Waals surface area contributed by atoms with Crippen molar-refractivity contribution in [2.24, 2.45) is 5.92 Å². The fourth-order valence-electron chi connectivity index (χ4n) is 2.17. The van der Waals surface area contributed by atoms with Gasteiger partial charge in [-0.25, -0.2) is 0 Å². The predicted molar refractivity (Wildman–Crippen MR) is 59.0 cm³/mol. The van der Waals surface area contributed by atoms with Crippen molar-refractivity contribution < 1.29 is 9.59 Å². The lowest BCUT2D eigenvalue weighted by Gasteiger charge is -2.29. The molecule has 0 radical (unpaired) electrons. The summed E-state index contributed by atoms with van der Waals surface area (Å²) in [5, 5.41) is 3.21. The first-order valence-corrected chi connectivity index (χ1v) is 5.28. The summed E-state index contributed by atoms with van der Waals surface area (Å²) in [4.78, 5) is 24.8. The highest BCUT2D eigenvalue weighted by atomic mass is 35.5. The number of carbonyl (C=O) groups is 2. The van der Waals surface area contributed by atoms with Crippen LogP contribution in [0.5, 0.6) is 0 Å². The fourth-order valence-corrected chi connectivity index (χ4v) is 2.17. The second-order valence-electron chi connectivity index (χ2n) is 4.05. The predicted octanol–water partition coefficient (Wildman–Crippen LogP) is 0.209. The Morgan fingerprint density at radius 1 is 1.33 bits per heavy atom. The van der Waals surface area contributed by atoms with Crippen LogP contribution < -0.4 is 5.32 Å². The van der Waals surface area contributed by atoms with Gasteiger partial charge in [-0.1, -0.05) is 0 Å². The number of Topliss-reactive ketones (excluding diaryl/α,β-unsaturated/α-hetero) is 1. The molecule has 2 aliphatic rings. The lowest BCUT2D eigenvalue weighted by molar-refractivity contribution is -0.136.